The number of rotatable bonds is 5. The van der Waals surface area contributed by atoms with E-state index in [1.807, 2.05) is 44.2 Å². The predicted molar refractivity (Wildman–Crippen MR) is 106 cm³/mol. The van der Waals surface area contributed by atoms with Crippen molar-refractivity contribution in [3.63, 3.8) is 0 Å². The summed E-state index contributed by atoms with van der Waals surface area (Å²) in [5.74, 6) is 0.981. The van der Waals surface area contributed by atoms with Crippen molar-refractivity contribution in [2.75, 3.05) is 46.1 Å². The lowest BCUT2D eigenvalue weighted by Crippen LogP contribution is -2.42. The van der Waals surface area contributed by atoms with E-state index in [9.17, 15) is 4.79 Å². The maximum Gasteiger partial charge on any atom is 0.238 e. The molecule has 3 rings (SSSR count). The third-order valence-corrected chi connectivity index (χ3v) is 5.49. The average molecular weight is 358 g/mol. The number of anilines is 1. The Morgan fingerprint density at radius 3 is 2.73 bits per heavy atom. The highest BCUT2D eigenvalue weighted by Crippen LogP contribution is 2.47. The van der Waals surface area contributed by atoms with E-state index < -0.39 is 0 Å². The van der Waals surface area contributed by atoms with Gasteiger partial charge in [0.05, 0.1) is 6.54 Å². The molecular formula is C20H31N5O. The molecule has 0 unspecified atom stereocenters. The van der Waals surface area contributed by atoms with Gasteiger partial charge in [-0.1, -0.05) is 18.6 Å². The smallest absolute Gasteiger partial charge is 0.238 e. The molecule has 1 aromatic rings. The van der Waals surface area contributed by atoms with E-state index in [4.69, 9.17) is 0 Å². The highest BCUT2D eigenvalue weighted by Gasteiger charge is 2.43. The summed E-state index contributed by atoms with van der Waals surface area (Å²) < 4.78 is 0. The van der Waals surface area contributed by atoms with Crippen LogP contribution in [-0.2, 0) is 11.3 Å². The van der Waals surface area contributed by atoms with Gasteiger partial charge in [0.15, 0.2) is 5.96 Å². The zero-order chi connectivity index (χ0) is 18.6. The minimum absolute atomic E-state index is 0.00113. The van der Waals surface area contributed by atoms with Gasteiger partial charge in [-0.05, 0) is 56.5 Å². The van der Waals surface area contributed by atoms with Crippen LogP contribution in [0.25, 0.3) is 0 Å². The van der Waals surface area contributed by atoms with E-state index in [0.29, 0.717) is 18.5 Å². The first-order chi connectivity index (χ1) is 12.5. The Morgan fingerprint density at radius 2 is 2.12 bits per heavy atom. The number of carbonyl (C=O) groups excluding carboxylic acids is 1. The van der Waals surface area contributed by atoms with Gasteiger partial charge in [0.25, 0.3) is 0 Å². The second-order valence-electron chi connectivity index (χ2n) is 7.91. The third-order valence-electron chi connectivity index (χ3n) is 5.49. The summed E-state index contributed by atoms with van der Waals surface area (Å²) in [4.78, 5) is 20.6. The van der Waals surface area contributed by atoms with Gasteiger partial charge in [0.2, 0.25) is 5.91 Å². The zero-order valence-electron chi connectivity index (χ0n) is 16.2. The third kappa shape index (κ3) is 4.55. The van der Waals surface area contributed by atoms with Crippen molar-refractivity contribution in [1.29, 1.82) is 0 Å². The van der Waals surface area contributed by atoms with Crippen molar-refractivity contribution in [3.8, 4) is 0 Å². The number of hydrogen-bond acceptors (Lipinski definition) is 3. The van der Waals surface area contributed by atoms with Crippen molar-refractivity contribution < 1.29 is 4.79 Å². The molecule has 2 N–H and O–H groups in total. The lowest BCUT2D eigenvalue weighted by atomic mass is 9.68. The molecular weight excluding hydrogens is 326 g/mol. The molecule has 1 aromatic carbocycles. The van der Waals surface area contributed by atoms with E-state index in [-0.39, 0.29) is 5.91 Å². The first-order valence-electron chi connectivity index (χ1n) is 9.49. The van der Waals surface area contributed by atoms with E-state index >= 15 is 0 Å². The van der Waals surface area contributed by atoms with Crippen LogP contribution in [0.15, 0.2) is 29.3 Å². The number of guanidine groups is 1. The summed E-state index contributed by atoms with van der Waals surface area (Å²) in [6.07, 6.45) is 5.41. The highest BCUT2D eigenvalue weighted by atomic mass is 16.2. The number of aliphatic imine (C=N–C) groups is 1. The summed E-state index contributed by atoms with van der Waals surface area (Å²) in [7, 11) is 5.63. The second-order valence-corrected chi connectivity index (χ2v) is 7.91. The molecule has 0 bridgehead atoms. The van der Waals surface area contributed by atoms with Crippen LogP contribution in [0.1, 0.15) is 31.2 Å². The van der Waals surface area contributed by atoms with Gasteiger partial charge < -0.3 is 20.4 Å². The van der Waals surface area contributed by atoms with Gasteiger partial charge in [-0.3, -0.25) is 9.79 Å². The Kier molecular flexibility index (Phi) is 5.81. The Balaban J connectivity index is 1.53. The standard InChI is InChI=1S/C20H31N5O/c1-21-19(25-11-10-20(15-25)8-5-9-20)22-13-16-6-4-7-17(12-16)23-18(26)14-24(2)3/h4,6-7,12H,5,8-11,13-15H2,1-3H3,(H,21,22)(H,23,26). The Hall–Kier alpha value is -2.08. The first kappa shape index (κ1) is 18.7. The number of benzene rings is 1. The number of nitrogens with one attached hydrogen (secondary N) is 2. The number of hydrogen-bond donors (Lipinski definition) is 2. The molecule has 1 saturated carbocycles. The van der Waals surface area contributed by atoms with Crippen LogP contribution >= 0.6 is 0 Å². The minimum Gasteiger partial charge on any atom is -0.352 e. The SMILES string of the molecule is CN=C(NCc1cccc(NC(=O)CN(C)C)c1)N1CCC2(CCC2)C1. The predicted octanol–water partition coefficient (Wildman–Crippen LogP) is 2.14. The molecule has 1 aliphatic heterocycles. The minimum atomic E-state index is -0.00113. The monoisotopic (exact) mass is 357 g/mol. The fourth-order valence-electron chi connectivity index (χ4n) is 3.96. The number of amides is 1. The molecule has 0 radical (unpaired) electrons. The number of likely N-dealkylation sites (tertiary alicyclic amines) is 1. The molecule has 0 aromatic heterocycles. The van der Waals surface area contributed by atoms with Crippen LogP contribution in [0.4, 0.5) is 5.69 Å². The highest BCUT2D eigenvalue weighted by molar-refractivity contribution is 5.92. The molecule has 26 heavy (non-hydrogen) atoms. The second kappa shape index (κ2) is 8.08. The number of nitrogens with zero attached hydrogens (tertiary/aromatic N) is 3. The molecule has 1 aliphatic carbocycles. The van der Waals surface area contributed by atoms with Crippen LogP contribution in [0, 0.1) is 5.41 Å². The fourth-order valence-corrected chi connectivity index (χ4v) is 3.96. The number of carbonyl (C=O) groups is 1. The van der Waals surface area contributed by atoms with Gasteiger partial charge in [0.1, 0.15) is 0 Å². The molecule has 6 heteroatoms. The van der Waals surface area contributed by atoms with Crippen molar-refractivity contribution in [1.82, 2.24) is 15.1 Å². The zero-order valence-corrected chi connectivity index (χ0v) is 16.2. The molecule has 1 heterocycles. The molecule has 1 amide bonds. The molecule has 2 aliphatic rings. The summed E-state index contributed by atoms with van der Waals surface area (Å²) in [5.41, 5.74) is 2.53. The van der Waals surface area contributed by atoms with Crippen molar-refractivity contribution >= 4 is 17.6 Å². The van der Waals surface area contributed by atoms with E-state index in [2.05, 4.69) is 26.6 Å². The summed E-state index contributed by atoms with van der Waals surface area (Å²) >= 11 is 0. The van der Waals surface area contributed by atoms with E-state index in [1.54, 1.807) is 0 Å². The maximum absolute atomic E-state index is 11.9. The first-order valence-corrected chi connectivity index (χ1v) is 9.49. The van der Waals surface area contributed by atoms with Crippen LogP contribution < -0.4 is 10.6 Å². The van der Waals surface area contributed by atoms with Gasteiger partial charge >= 0.3 is 0 Å². The lowest BCUT2D eigenvalue weighted by Gasteiger charge is -2.38. The Labute approximate surface area is 156 Å². The maximum atomic E-state index is 11.9. The molecule has 2 fully saturated rings. The molecule has 0 atom stereocenters. The quantitative estimate of drug-likeness (QED) is 0.626. The lowest BCUT2D eigenvalue weighted by molar-refractivity contribution is -0.116. The Bertz CT molecular complexity index is 666. The molecule has 6 nitrogen and oxygen atoms in total. The average Bonchev–Trinajstić information content (AvgIpc) is 3.01. The van der Waals surface area contributed by atoms with E-state index in [1.165, 1.54) is 25.7 Å². The molecule has 142 valence electrons. The normalized spacial score (nSPS) is 18.9. The van der Waals surface area contributed by atoms with Crippen LogP contribution in [0.2, 0.25) is 0 Å². The van der Waals surface area contributed by atoms with Gasteiger partial charge in [-0.15, -0.1) is 0 Å². The largest absolute Gasteiger partial charge is 0.352 e. The number of likely N-dealkylation sites (N-methyl/N-ethyl adjacent to an activating group) is 1. The van der Waals surface area contributed by atoms with Crippen molar-refractivity contribution in [3.05, 3.63) is 29.8 Å². The summed E-state index contributed by atoms with van der Waals surface area (Å²) in [5, 5.41) is 6.43. The fraction of sp³-hybridized carbons (Fsp3) is 0.600. The van der Waals surface area contributed by atoms with Gasteiger partial charge in [-0.25, -0.2) is 0 Å². The van der Waals surface area contributed by atoms with Crippen LogP contribution in [-0.4, -0.2) is 62.4 Å². The van der Waals surface area contributed by atoms with Crippen LogP contribution in [0.3, 0.4) is 0 Å². The van der Waals surface area contributed by atoms with E-state index in [0.717, 1.165) is 30.3 Å². The molecule has 1 spiro atoms. The summed E-state index contributed by atoms with van der Waals surface area (Å²) in [6.45, 7) is 3.31. The van der Waals surface area contributed by atoms with Gasteiger partial charge in [0, 0.05) is 32.4 Å². The Morgan fingerprint density at radius 1 is 1.31 bits per heavy atom. The van der Waals surface area contributed by atoms with Crippen LogP contribution in [0.5, 0.6) is 0 Å². The molecule has 1 saturated heterocycles. The van der Waals surface area contributed by atoms with Gasteiger partial charge in [-0.2, -0.15) is 0 Å². The van der Waals surface area contributed by atoms with Crippen molar-refractivity contribution in [2.24, 2.45) is 10.4 Å². The van der Waals surface area contributed by atoms with Crippen molar-refractivity contribution in [2.45, 2.75) is 32.2 Å². The summed E-state index contributed by atoms with van der Waals surface area (Å²) in [6, 6.07) is 7.99. The topological polar surface area (TPSA) is 60.0 Å².